The van der Waals surface area contributed by atoms with Crippen LogP contribution in [0.5, 0.6) is 0 Å². The molecule has 0 atom stereocenters. The van der Waals surface area contributed by atoms with Gasteiger partial charge in [-0.3, -0.25) is 4.90 Å². The van der Waals surface area contributed by atoms with Gasteiger partial charge in [0.1, 0.15) is 0 Å². The van der Waals surface area contributed by atoms with Crippen LogP contribution in [0.4, 0.5) is 0 Å². The fourth-order valence-corrected chi connectivity index (χ4v) is 4.04. The zero-order valence-electron chi connectivity index (χ0n) is 11.7. The molecule has 18 heavy (non-hydrogen) atoms. The van der Waals surface area contributed by atoms with Crippen LogP contribution in [0.3, 0.4) is 0 Å². The smallest absolute Gasteiger partial charge is 0.0120 e. The van der Waals surface area contributed by atoms with Crippen LogP contribution in [0, 0.1) is 5.92 Å². The Morgan fingerprint density at radius 2 is 1.50 bits per heavy atom. The SMILES string of the molecule is C1CCC(CN2CCN(C3CCNCC3)CC2)C1. The van der Waals surface area contributed by atoms with Gasteiger partial charge < -0.3 is 10.2 Å². The average Bonchev–Trinajstić information content (AvgIpc) is 2.94. The molecule has 3 heteroatoms. The molecule has 0 bridgehead atoms. The van der Waals surface area contributed by atoms with Crippen molar-refractivity contribution in [1.29, 1.82) is 0 Å². The molecule has 0 aromatic carbocycles. The van der Waals surface area contributed by atoms with Crippen molar-refractivity contribution in [3.63, 3.8) is 0 Å². The molecule has 1 aliphatic carbocycles. The number of piperazine rings is 1. The Morgan fingerprint density at radius 3 is 2.17 bits per heavy atom. The van der Waals surface area contributed by atoms with Crippen LogP contribution in [0.1, 0.15) is 38.5 Å². The lowest BCUT2D eigenvalue weighted by atomic mass is 10.0. The lowest BCUT2D eigenvalue weighted by Crippen LogP contribution is -2.53. The van der Waals surface area contributed by atoms with Crippen molar-refractivity contribution < 1.29 is 0 Å². The topological polar surface area (TPSA) is 18.5 Å². The highest BCUT2D eigenvalue weighted by Gasteiger charge is 2.26. The van der Waals surface area contributed by atoms with Crippen LogP contribution in [0.25, 0.3) is 0 Å². The first kappa shape index (κ1) is 12.9. The van der Waals surface area contributed by atoms with Crippen LogP contribution < -0.4 is 5.32 Å². The van der Waals surface area contributed by atoms with Gasteiger partial charge in [-0.1, -0.05) is 12.8 Å². The van der Waals surface area contributed by atoms with E-state index in [1.807, 2.05) is 0 Å². The lowest BCUT2D eigenvalue weighted by Gasteiger charge is -2.41. The van der Waals surface area contributed by atoms with Gasteiger partial charge >= 0.3 is 0 Å². The molecule has 0 spiro atoms. The van der Waals surface area contributed by atoms with E-state index in [0.717, 1.165) is 12.0 Å². The summed E-state index contributed by atoms with van der Waals surface area (Å²) in [5.74, 6) is 1.02. The van der Waals surface area contributed by atoms with Crippen molar-refractivity contribution in [2.24, 2.45) is 5.92 Å². The van der Waals surface area contributed by atoms with Crippen molar-refractivity contribution in [2.45, 2.75) is 44.6 Å². The number of piperidine rings is 1. The van der Waals surface area contributed by atoms with Gasteiger partial charge in [0.05, 0.1) is 0 Å². The largest absolute Gasteiger partial charge is 0.317 e. The third kappa shape index (κ3) is 3.25. The van der Waals surface area contributed by atoms with Crippen LogP contribution >= 0.6 is 0 Å². The molecule has 0 unspecified atom stereocenters. The fourth-order valence-electron chi connectivity index (χ4n) is 4.04. The van der Waals surface area contributed by atoms with E-state index in [4.69, 9.17) is 0 Å². The van der Waals surface area contributed by atoms with Crippen molar-refractivity contribution in [2.75, 3.05) is 45.8 Å². The van der Waals surface area contributed by atoms with Crippen molar-refractivity contribution in [3.05, 3.63) is 0 Å². The number of rotatable bonds is 3. The zero-order chi connectivity index (χ0) is 12.2. The Balaban J connectivity index is 1.40. The first-order valence-corrected chi connectivity index (χ1v) is 8.09. The van der Waals surface area contributed by atoms with Gasteiger partial charge in [-0.25, -0.2) is 0 Å². The molecular formula is C15H29N3. The lowest BCUT2D eigenvalue weighted by molar-refractivity contribution is 0.0741. The standard InChI is InChI=1S/C15H29N3/c1-2-4-14(3-1)13-17-9-11-18(12-10-17)15-5-7-16-8-6-15/h14-16H,1-13H2. The molecule has 0 aromatic heterocycles. The van der Waals surface area contributed by atoms with E-state index in [9.17, 15) is 0 Å². The van der Waals surface area contributed by atoms with Crippen molar-refractivity contribution in [1.82, 2.24) is 15.1 Å². The molecule has 3 aliphatic rings. The first-order valence-electron chi connectivity index (χ1n) is 8.09. The summed E-state index contributed by atoms with van der Waals surface area (Å²) in [6.07, 6.45) is 8.69. The molecule has 1 N–H and O–H groups in total. The summed E-state index contributed by atoms with van der Waals surface area (Å²) in [6.45, 7) is 9.12. The summed E-state index contributed by atoms with van der Waals surface area (Å²) in [6, 6.07) is 0.875. The van der Waals surface area contributed by atoms with E-state index in [2.05, 4.69) is 15.1 Å². The Bertz CT molecular complexity index is 236. The molecule has 2 saturated heterocycles. The molecule has 3 rings (SSSR count). The molecule has 2 heterocycles. The van der Waals surface area contributed by atoms with Gasteiger partial charge in [0.2, 0.25) is 0 Å². The van der Waals surface area contributed by atoms with E-state index >= 15 is 0 Å². The second-order valence-electron chi connectivity index (χ2n) is 6.47. The number of hydrogen-bond donors (Lipinski definition) is 1. The molecule has 104 valence electrons. The first-order chi connectivity index (χ1) is 8.92. The molecule has 0 amide bonds. The Morgan fingerprint density at radius 1 is 0.833 bits per heavy atom. The molecule has 3 nitrogen and oxygen atoms in total. The van der Waals surface area contributed by atoms with Crippen LogP contribution in [0.15, 0.2) is 0 Å². The highest BCUT2D eigenvalue weighted by atomic mass is 15.3. The van der Waals surface area contributed by atoms with E-state index in [1.165, 1.54) is 84.3 Å². The molecule has 0 aromatic rings. The minimum absolute atomic E-state index is 0.875. The number of nitrogens with zero attached hydrogens (tertiary/aromatic N) is 2. The summed E-state index contributed by atoms with van der Waals surface area (Å²) in [5, 5.41) is 3.47. The third-order valence-corrected chi connectivity index (χ3v) is 5.22. The summed E-state index contributed by atoms with van der Waals surface area (Å²) in [7, 11) is 0. The Kier molecular flexibility index (Phi) is 4.55. The molecule has 0 radical (unpaired) electrons. The highest BCUT2D eigenvalue weighted by Crippen LogP contribution is 2.26. The fraction of sp³-hybridized carbons (Fsp3) is 1.00. The molecule has 2 aliphatic heterocycles. The Hall–Kier alpha value is -0.120. The number of hydrogen-bond acceptors (Lipinski definition) is 3. The predicted molar refractivity (Wildman–Crippen MR) is 75.9 cm³/mol. The predicted octanol–water partition coefficient (Wildman–Crippen LogP) is 1.55. The van der Waals surface area contributed by atoms with E-state index in [0.29, 0.717) is 0 Å². The summed E-state index contributed by atoms with van der Waals surface area (Å²) >= 11 is 0. The number of nitrogens with one attached hydrogen (secondary N) is 1. The molecule has 3 fully saturated rings. The van der Waals surface area contributed by atoms with Gasteiger partial charge in [-0.05, 0) is 44.7 Å². The van der Waals surface area contributed by atoms with Gasteiger partial charge in [-0.15, -0.1) is 0 Å². The van der Waals surface area contributed by atoms with Crippen LogP contribution in [-0.2, 0) is 0 Å². The maximum absolute atomic E-state index is 3.47. The van der Waals surface area contributed by atoms with E-state index < -0.39 is 0 Å². The quantitative estimate of drug-likeness (QED) is 0.821. The summed E-state index contributed by atoms with van der Waals surface area (Å²) in [4.78, 5) is 5.49. The van der Waals surface area contributed by atoms with Crippen LogP contribution in [0.2, 0.25) is 0 Å². The second-order valence-corrected chi connectivity index (χ2v) is 6.47. The minimum atomic E-state index is 0.875. The average molecular weight is 251 g/mol. The van der Waals surface area contributed by atoms with E-state index in [-0.39, 0.29) is 0 Å². The highest BCUT2D eigenvalue weighted by molar-refractivity contribution is 4.83. The third-order valence-electron chi connectivity index (χ3n) is 5.22. The van der Waals surface area contributed by atoms with Gasteiger partial charge in [0.15, 0.2) is 0 Å². The molecule has 1 saturated carbocycles. The second kappa shape index (κ2) is 6.36. The monoisotopic (exact) mass is 251 g/mol. The normalized spacial score (nSPS) is 30.0. The van der Waals surface area contributed by atoms with Gasteiger partial charge in [-0.2, -0.15) is 0 Å². The minimum Gasteiger partial charge on any atom is -0.317 e. The maximum atomic E-state index is 3.47. The van der Waals surface area contributed by atoms with Crippen LogP contribution in [-0.4, -0.2) is 61.7 Å². The van der Waals surface area contributed by atoms with E-state index in [1.54, 1.807) is 0 Å². The van der Waals surface area contributed by atoms with Crippen molar-refractivity contribution >= 4 is 0 Å². The van der Waals surface area contributed by atoms with Gasteiger partial charge in [0, 0.05) is 38.8 Å². The maximum Gasteiger partial charge on any atom is 0.0120 e. The summed E-state index contributed by atoms with van der Waals surface area (Å²) in [5.41, 5.74) is 0. The Labute approximate surface area is 112 Å². The zero-order valence-corrected chi connectivity index (χ0v) is 11.7. The molecular weight excluding hydrogens is 222 g/mol. The summed E-state index contributed by atoms with van der Waals surface area (Å²) < 4.78 is 0. The van der Waals surface area contributed by atoms with Gasteiger partial charge in [0.25, 0.3) is 0 Å². The van der Waals surface area contributed by atoms with Crippen molar-refractivity contribution in [3.8, 4) is 0 Å².